The van der Waals surface area contributed by atoms with Gasteiger partial charge in [0.1, 0.15) is 22.9 Å². The largest absolute Gasteiger partial charge is 0.477 e. The topological polar surface area (TPSA) is 82.8 Å². The number of halogens is 2. The number of carbonyl (C=O) groups excluding carboxylic acids is 1. The number of rotatable bonds is 6. The molecule has 2 heterocycles. The minimum Gasteiger partial charge on any atom is -0.477 e. The molecule has 0 atom stereocenters. The van der Waals surface area contributed by atoms with Crippen molar-refractivity contribution in [2.24, 2.45) is 0 Å². The van der Waals surface area contributed by atoms with Crippen molar-refractivity contribution in [2.45, 2.75) is 32.2 Å². The van der Waals surface area contributed by atoms with Crippen LogP contribution in [0.3, 0.4) is 0 Å². The van der Waals surface area contributed by atoms with Crippen molar-refractivity contribution in [3.63, 3.8) is 0 Å². The first-order valence-electron chi connectivity index (χ1n) is 10.0. The van der Waals surface area contributed by atoms with Crippen molar-refractivity contribution < 1.29 is 23.5 Å². The summed E-state index contributed by atoms with van der Waals surface area (Å²) in [4.78, 5) is 38.8. The van der Waals surface area contributed by atoms with E-state index in [2.05, 4.69) is 4.90 Å². The fourth-order valence-electron chi connectivity index (χ4n) is 4.03. The lowest BCUT2D eigenvalue weighted by atomic mass is 10.1. The van der Waals surface area contributed by atoms with Crippen LogP contribution in [0.1, 0.15) is 42.6 Å². The fourth-order valence-corrected chi connectivity index (χ4v) is 4.03. The fraction of sp³-hybridized carbons (Fsp3) is 0.476. The van der Waals surface area contributed by atoms with E-state index in [4.69, 9.17) is 0 Å². The summed E-state index contributed by atoms with van der Waals surface area (Å²) in [6.45, 7) is 4.06. The third-order valence-corrected chi connectivity index (χ3v) is 5.82. The maximum Gasteiger partial charge on any atom is 0.341 e. The molecule has 1 N–H and O–H groups in total. The Morgan fingerprint density at radius 2 is 1.83 bits per heavy atom. The first-order chi connectivity index (χ1) is 14.3. The Hall–Kier alpha value is -2.81. The summed E-state index contributed by atoms with van der Waals surface area (Å²) in [6, 6.07) is 0.867. The van der Waals surface area contributed by atoms with Gasteiger partial charge >= 0.3 is 5.97 Å². The van der Waals surface area contributed by atoms with Gasteiger partial charge in [0, 0.05) is 51.4 Å². The van der Waals surface area contributed by atoms with E-state index in [9.17, 15) is 23.9 Å². The summed E-state index contributed by atoms with van der Waals surface area (Å²) in [5, 5.41) is 9.07. The van der Waals surface area contributed by atoms with Crippen LogP contribution >= 0.6 is 0 Å². The van der Waals surface area contributed by atoms with E-state index in [1.165, 1.54) is 17.7 Å². The number of nitrogens with zero attached hydrogens (tertiary/aromatic N) is 3. The van der Waals surface area contributed by atoms with E-state index in [1.807, 2.05) is 0 Å². The molecule has 2 fully saturated rings. The van der Waals surface area contributed by atoms with Crippen LogP contribution in [0.25, 0.3) is 10.9 Å². The summed E-state index contributed by atoms with van der Waals surface area (Å²) >= 11 is 0. The van der Waals surface area contributed by atoms with E-state index >= 15 is 4.39 Å². The molecular weight excluding hydrogens is 396 g/mol. The number of fused-ring (bicyclic) bond motifs is 1. The summed E-state index contributed by atoms with van der Waals surface area (Å²) in [7, 11) is 0. The molecule has 0 unspecified atom stereocenters. The molecule has 1 aliphatic heterocycles. The lowest BCUT2D eigenvalue weighted by molar-refractivity contribution is -0.117. The zero-order chi connectivity index (χ0) is 21.6. The SMILES string of the molecule is CC(=O)CCN1CCN(c2c(F)cc3c(=O)c(C(=O)O)cn(C4CC4)c3c2F)CC1. The van der Waals surface area contributed by atoms with E-state index in [0.717, 1.165) is 18.9 Å². The second-order valence-electron chi connectivity index (χ2n) is 8.01. The standard InChI is InChI=1S/C21H23F2N3O4/c1-12(27)4-5-24-6-8-25(9-7-24)19-16(22)10-14-18(17(19)23)26(13-2-3-13)11-15(20(14)28)21(29)30/h10-11,13H,2-9H2,1H3,(H,29,30). The Kier molecular flexibility index (Phi) is 5.31. The highest BCUT2D eigenvalue weighted by Crippen LogP contribution is 2.39. The third kappa shape index (κ3) is 3.69. The van der Waals surface area contributed by atoms with Crippen LogP contribution in [0.15, 0.2) is 17.1 Å². The number of anilines is 1. The van der Waals surface area contributed by atoms with Crippen LogP contribution in [0.2, 0.25) is 0 Å². The van der Waals surface area contributed by atoms with Crippen molar-refractivity contribution >= 4 is 28.3 Å². The van der Waals surface area contributed by atoms with Crippen LogP contribution in [0.5, 0.6) is 0 Å². The minimum atomic E-state index is -1.41. The molecule has 1 aliphatic carbocycles. The van der Waals surface area contributed by atoms with Gasteiger partial charge in [0.25, 0.3) is 0 Å². The van der Waals surface area contributed by atoms with Crippen LogP contribution in [0, 0.1) is 11.6 Å². The molecule has 0 bridgehead atoms. The molecule has 9 heteroatoms. The highest BCUT2D eigenvalue weighted by Gasteiger charge is 2.31. The third-order valence-electron chi connectivity index (χ3n) is 5.82. The van der Waals surface area contributed by atoms with Gasteiger partial charge < -0.3 is 14.6 Å². The quantitative estimate of drug-likeness (QED) is 0.774. The maximum atomic E-state index is 15.6. The average molecular weight is 419 g/mol. The number of aromatic nitrogens is 1. The molecule has 2 aromatic rings. The summed E-state index contributed by atoms with van der Waals surface area (Å²) in [5.74, 6) is -3.02. The number of hydrogen-bond donors (Lipinski definition) is 1. The number of pyridine rings is 1. The predicted molar refractivity (Wildman–Crippen MR) is 107 cm³/mol. The van der Waals surface area contributed by atoms with Crippen molar-refractivity contribution in [1.29, 1.82) is 0 Å². The van der Waals surface area contributed by atoms with Crippen molar-refractivity contribution in [3.8, 4) is 0 Å². The van der Waals surface area contributed by atoms with Gasteiger partial charge in [0.05, 0.1) is 10.9 Å². The predicted octanol–water partition coefficient (Wildman–Crippen LogP) is 2.41. The maximum absolute atomic E-state index is 15.6. The molecule has 2 aliphatic rings. The highest BCUT2D eigenvalue weighted by atomic mass is 19.1. The van der Waals surface area contributed by atoms with Gasteiger partial charge in [-0.2, -0.15) is 0 Å². The lowest BCUT2D eigenvalue weighted by Gasteiger charge is -2.36. The Balaban J connectivity index is 1.73. The van der Waals surface area contributed by atoms with E-state index in [1.54, 1.807) is 4.90 Å². The first-order valence-corrected chi connectivity index (χ1v) is 10.0. The van der Waals surface area contributed by atoms with Gasteiger partial charge in [-0.15, -0.1) is 0 Å². The lowest BCUT2D eigenvalue weighted by Crippen LogP contribution is -2.47. The van der Waals surface area contributed by atoms with Crippen molar-refractivity contribution in [1.82, 2.24) is 9.47 Å². The normalized spacial score (nSPS) is 17.5. The minimum absolute atomic E-state index is 0.0390. The number of benzene rings is 1. The monoisotopic (exact) mass is 419 g/mol. The molecule has 160 valence electrons. The number of aromatic carboxylic acids is 1. The van der Waals surface area contributed by atoms with Crippen molar-refractivity contribution in [2.75, 3.05) is 37.6 Å². The summed E-state index contributed by atoms with van der Waals surface area (Å²) in [6.07, 6.45) is 3.11. The zero-order valence-electron chi connectivity index (χ0n) is 16.7. The Labute approximate surface area is 171 Å². The van der Waals surface area contributed by atoms with Gasteiger partial charge in [-0.05, 0) is 25.8 Å². The second kappa shape index (κ2) is 7.79. The number of hydrogen-bond acceptors (Lipinski definition) is 5. The molecule has 0 amide bonds. The van der Waals surface area contributed by atoms with Crippen LogP contribution in [-0.2, 0) is 4.79 Å². The molecule has 7 nitrogen and oxygen atoms in total. The highest BCUT2D eigenvalue weighted by molar-refractivity contribution is 5.94. The second-order valence-corrected chi connectivity index (χ2v) is 8.01. The summed E-state index contributed by atoms with van der Waals surface area (Å²) in [5.41, 5.74) is -1.60. The molecule has 4 rings (SSSR count). The number of piperazine rings is 1. The van der Waals surface area contributed by atoms with Gasteiger partial charge in [0.2, 0.25) is 5.43 Å². The van der Waals surface area contributed by atoms with E-state index in [0.29, 0.717) is 39.1 Å². The molecule has 0 radical (unpaired) electrons. The smallest absolute Gasteiger partial charge is 0.341 e. The van der Waals surface area contributed by atoms with E-state index < -0.39 is 28.6 Å². The summed E-state index contributed by atoms with van der Waals surface area (Å²) < 4.78 is 32.0. The van der Waals surface area contributed by atoms with Gasteiger partial charge in [0.15, 0.2) is 5.82 Å². The molecule has 1 saturated heterocycles. The van der Waals surface area contributed by atoms with Gasteiger partial charge in [-0.1, -0.05) is 0 Å². The number of carbonyl (C=O) groups is 2. The Morgan fingerprint density at radius 1 is 1.17 bits per heavy atom. The van der Waals surface area contributed by atoms with Crippen LogP contribution in [0.4, 0.5) is 14.5 Å². The number of ketones is 1. The molecule has 1 aromatic heterocycles. The van der Waals surface area contributed by atoms with Crippen molar-refractivity contribution in [3.05, 3.63) is 39.7 Å². The number of carboxylic acid groups (broad SMARTS) is 1. The van der Waals surface area contributed by atoms with E-state index in [-0.39, 0.29) is 28.4 Å². The average Bonchev–Trinajstić information content (AvgIpc) is 3.53. The van der Waals surface area contributed by atoms with Gasteiger partial charge in [-0.3, -0.25) is 14.5 Å². The zero-order valence-corrected chi connectivity index (χ0v) is 16.7. The molecule has 30 heavy (non-hydrogen) atoms. The van der Waals surface area contributed by atoms with Crippen LogP contribution in [-0.4, -0.2) is 59.0 Å². The number of Topliss-reactive ketones (excluding diaryl/α,β-unsaturated/α-hetero) is 1. The molecular formula is C21H23F2N3O4. The first kappa shape index (κ1) is 20.5. The number of carboxylic acids is 1. The Morgan fingerprint density at radius 3 is 2.40 bits per heavy atom. The molecule has 0 spiro atoms. The Bertz CT molecular complexity index is 1090. The molecule has 1 aromatic carbocycles. The van der Waals surface area contributed by atoms with Crippen LogP contribution < -0.4 is 10.3 Å². The van der Waals surface area contributed by atoms with Gasteiger partial charge in [-0.25, -0.2) is 13.6 Å². The molecule has 1 saturated carbocycles.